The van der Waals surface area contributed by atoms with Gasteiger partial charge in [0.25, 0.3) is 0 Å². The molecule has 3 aromatic heterocycles. The summed E-state index contributed by atoms with van der Waals surface area (Å²) in [6.07, 6.45) is 0. The zero-order chi connectivity index (χ0) is 20.5. The summed E-state index contributed by atoms with van der Waals surface area (Å²) in [4.78, 5) is 5.05. The third-order valence-corrected chi connectivity index (χ3v) is 7.43. The Balaban J connectivity index is 1.66. The fraction of sp³-hybridized carbons (Fsp3) is 0.107. The van der Waals surface area contributed by atoms with E-state index < -0.39 is 0 Å². The van der Waals surface area contributed by atoms with Gasteiger partial charge in [0.2, 0.25) is 5.78 Å². The van der Waals surface area contributed by atoms with Crippen molar-refractivity contribution in [1.82, 2.24) is 13.8 Å². The maximum atomic E-state index is 5.05. The van der Waals surface area contributed by atoms with Gasteiger partial charge in [-0.3, -0.25) is 8.80 Å². The van der Waals surface area contributed by atoms with Gasteiger partial charge in [-0.25, -0.2) is 4.98 Å². The molecule has 31 heavy (non-hydrogen) atoms. The molecule has 0 saturated heterocycles. The van der Waals surface area contributed by atoms with Gasteiger partial charge in [0.15, 0.2) is 0 Å². The minimum atomic E-state index is -0.0418. The Morgan fingerprint density at radius 1 is 0.677 bits per heavy atom. The first-order valence-corrected chi connectivity index (χ1v) is 10.8. The highest BCUT2D eigenvalue weighted by Gasteiger charge is 2.38. The van der Waals surface area contributed by atoms with Crippen LogP contribution in [-0.2, 0) is 5.41 Å². The fourth-order valence-electron chi connectivity index (χ4n) is 6.20. The van der Waals surface area contributed by atoms with Crippen LogP contribution >= 0.6 is 0 Å². The zero-order valence-corrected chi connectivity index (χ0v) is 17.3. The molecule has 1 aliphatic rings. The smallest absolute Gasteiger partial charge is 0.220 e. The maximum Gasteiger partial charge on any atom is 0.220 e. The normalized spacial score (nSPS) is 15.0. The molecule has 0 amide bonds. The molecule has 0 unspecified atom stereocenters. The molecule has 0 radical (unpaired) electrons. The largest absolute Gasteiger partial charge is 0.277 e. The van der Waals surface area contributed by atoms with Crippen molar-refractivity contribution in [2.45, 2.75) is 19.3 Å². The number of hydrogen-bond acceptors (Lipinski definition) is 1. The molecule has 0 saturated carbocycles. The lowest BCUT2D eigenvalue weighted by Gasteiger charge is -2.22. The van der Waals surface area contributed by atoms with Gasteiger partial charge in [0.1, 0.15) is 0 Å². The molecule has 0 fully saturated rings. The van der Waals surface area contributed by atoms with Crippen LogP contribution in [0.2, 0.25) is 0 Å². The Bertz CT molecular complexity index is 1860. The van der Waals surface area contributed by atoms with E-state index in [1.54, 1.807) is 0 Å². The molecule has 8 rings (SSSR count). The van der Waals surface area contributed by atoms with Crippen molar-refractivity contribution < 1.29 is 0 Å². The summed E-state index contributed by atoms with van der Waals surface area (Å²) in [5.41, 5.74) is 11.5. The van der Waals surface area contributed by atoms with E-state index >= 15 is 0 Å². The second kappa shape index (κ2) is 4.89. The first kappa shape index (κ1) is 15.9. The van der Waals surface area contributed by atoms with E-state index in [0.29, 0.717) is 0 Å². The second-order valence-corrected chi connectivity index (χ2v) is 9.30. The summed E-state index contributed by atoms with van der Waals surface area (Å²) >= 11 is 0. The molecule has 3 heterocycles. The van der Waals surface area contributed by atoms with Gasteiger partial charge >= 0.3 is 0 Å². The van der Waals surface area contributed by atoms with Crippen molar-refractivity contribution in [3.63, 3.8) is 0 Å². The summed E-state index contributed by atoms with van der Waals surface area (Å²) in [6, 6.07) is 28.6. The van der Waals surface area contributed by atoms with Crippen LogP contribution in [0.5, 0.6) is 0 Å². The van der Waals surface area contributed by atoms with Gasteiger partial charge in [-0.2, -0.15) is 0 Å². The van der Waals surface area contributed by atoms with Gasteiger partial charge in [-0.05, 0) is 46.5 Å². The Morgan fingerprint density at radius 2 is 1.48 bits per heavy atom. The summed E-state index contributed by atoms with van der Waals surface area (Å²) in [6.45, 7) is 4.73. The van der Waals surface area contributed by atoms with Crippen LogP contribution in [0.1, 0.15) is 25.0 Å². The van der Waals surface area contributed by atoms with Crippen molar-refractivity contribution in [3.05, 3.63) is 90.0 Å². The molecule has 4 aromatic carbocycles. The van der Waals surface area contributed by atoms with Crippen molar-refractivity contribution in [1.29, 1.82) is 0 Å². The summed E-state index contributed by atoms with van der Waals surface area (Å²) < 4.78 is 4.68. The third-order valence-electron chi connectivity index (χ3n) is 7.43. The Kier molecular flexibility index (Phi) is 2.51. The van der Waals surface area contributed by atoms with Crippen LogP contribution in [0.4, 0.5) is 0 Å². The molecule has 0 spiro atoms. The van der Waals surface area contributed by atoms with Crippen molar-refractivity contribution >= 4 is 44.1 Å². The lowest BCUT2D eigenvalue weighted by molar-refractivity contribution is 0.666. The van der Waals surface area contributed by atoms with Crippen LogP contribution in [-0.4, -0.2) is 13.8 Å². The van der Waals surface area contributed by atoms with Crippen molar-refractivity contribution in [3.8, 4) is 11.1 Å². The van der Waals surface area contributed by atoms with Crippen LogP contribution < -0.4 is 0 Å². The number of hydrogen-bond donors (Lipinski definition) is 0. The fourth-order valence-corrected chi connectivity index (χ4v) is 6.20. The summed E-state index contributed by atoms with van der Waals surface area (Å²) in [5, 5.41) is 2.69. The van der Waals surface area contributed by atoms with Gasteiger partial charge in [-0.1, -0.05) is 68.4 Å². The predicted molar refractivity (Wildman–Crippen MR) is 127 cm³/mol. The van der Waals surface area contributed by atoms with Gasteiger partial charge in [0, 0.05) is 16.2 Å². The van der Waals surface area contributed by atoms with Gasteiger partial charge in [0.05, 0.1) is 27.6 Å². The molecule has 0 N–H and O–H groups in total. The van der Waals surface area contributed by atoms with Crippen LogP contribution in [0.3, 0.4) is 0 Å². The minimum absolute atomic E-state index is 0.0418. The first-order chi connectivity index (χ1) is 15.2. The summed E-state index contributed by atoms with van der Waals surface area (Å²) in [7, 11) is 0. The number of fused-ring (bicyclic) bond motifs is 12. The molecular weight excluding hydrogens is 378 g/mol. The molecule has 3 heteroatoms. The molecule has 1 aliphatic carbocycles. The molecule has 0 aliphatic heterocycles. The molecule has 0 bridgehead atoms. The molecule has 0 atom stereocenters. The van der Waals surface area contributed by atoms with Crippen molar-refractivity contribution in [2.24, 2.45) is 0 Å². The average molecular weight is 397 g/mol. The van der Waals surface area contributed by atoms with Crippen LogP contribution in [0.25, 0.3) is 55.3 Å². The van der Waals surface area contributed by atoms with Crippen molar-refractivity contribution in [2.75, 3.05) is 0 Å². The van der Waals surface area contributed by atoms with E-state index in [9.17, 15) is 0 Å². The molecular formula is C28H19N3. The van der Waals surface area contributed by atoms with E-state index in [1.165, 1.54) is 49.6 Å². The van der Waals surface area contributed by atoms with E-state index in [2.05, 4.69) is 102 Å². The predicted octanol–water partition coefficient (Wildman–Crippen LogP) is 6.79. The second-order valence-electron chi connectivity index (χ2n) is 9.30. The van der Waals surface area contributed by atoms with E-state index in [-0.39, 0.29) is 5.41 Å². The number of aromatic nitrogens is 3. The number of para-hydroxylation sites is 3. The SMILES string of the molecule is CC1(C)c2ccccc2-c2ccc3c(c21)c1cccc2c1n3c1nc3ccccc3n21. The highest BCUT2D eigenvalue weighted by atomic mass is 15.2. The van der Waals surface area contributed by atoms with Gasteiger partial charge < -0.3 is 0 Å². The zero-order valence-electron chi connectivity index (χ0n) is 17.3. The number of imidazole rings is 2. The minimum Gasteiger partial charge on any atom is -0.277 e. The molecule has 146 valence electrons. The van der Waals surface area contributed by atoms with Gasteiger partial charge in [-0.15, -0.1) is 0 Å². The Morgan fingerprint density at radius 3 is 2.42 bits per heavy atom. The molecule has 3 nitrogen and oxygen atoms in total. The highest BCUT2D eigenvalue weighted by molar-refractivity contribution is 6.19. The topological polar surface area (TPSA) is 21.7 Å². The molecule has 7 aromatic rings. The van der Waals surface area contributed by atoms with E-state index in [0.717, 1.165) is 16.8 Å². The average Bonchev–Trinajstić information content (AvgIpc) is 3.48. The standard InChI is InChI=1S/C28H19N3/c1-28(2)19-10-4-3-8-16(19)17-14-15-22-24(25(17)28)18-9-7-13-23-26(18)31(22)27-29-20-11-5-6-12-21(20)30(23)27/h3-15H,1-2H3. The van der Waals surface area contributed by atoms with Crippen LogP contribution in [0.15, 0.2) is 78.9 Å². The maximum absolute atomic E-state index is 5.05. The summed E-state index contributed by atoms with van der Waals surface area (Å²) in [5.74, 6) is 0.996. The van der Waals surface area contributed by atoms with Crippen LogP contribution in [0, 0.1) is 0 Å². The first-order valence-electron chi connectivity index (χ1n) is 10.8. The number of rotatable bonds is 0. The number of benzene rings is 4. The lowest BCUT2D eigenvalue weighted by Crippen LogP contribution is -2.15. The highest BCUT2D eigenvalue weighted by Crippen LogP contribution is 2.53. The van der Waals surface area contributed by atoms with E-state index in [4.69, 9.17) is 4.98 Å². The van der Waals surface area contributed by atoms with E-state index in [1.807, 2.05) is 0 Å². The third kappa shape index (κ3) is 1.62. The quantitative estimate of drug-likeness (QED) is 0.276. The Labute approximate surface area is 178 Å². The lowest BCUT2D eigenvalue weighted by atomic mass is 9.80. The number of nitrogens with zero attached hydrogens (tertiary/aromatic N) is 3. The Hall–Kier alpha value is -3.85. The monoisotopic (exact) mass is 397 g/mol.